The van der Waals surface area contributed by atoms with E-state index in [0.29, 0.717) is 5.69 Å². The lowest BCUT2D eigenvalue weighted by Gasteiger charge is -2.09. The Balaban J connectivity index is 2.32. The van der Waals surface area contributed by atoms with Crippen LogP contribution in [0.1, 0.15) is 0 Å². The number of benzene rings is 1. The molecule has 0 fully saturated rings. The summed E-state index contributed by atoms with van der Waals surface area (Å²) in [6, 6.07) is 10.6. The van der Waals surface area contributed by atoms with Crippen molar-refractivity contribution >= 4 is 22.9 Å². The molecule has 1 heterocycles. The zero-order valence-electron chi connectivity index (χ0n) is 8.69. The number of alkyl halides is 2. The van der Waals surface area contributed by atoms with Gasteiger partial charge in [0, 0.05) is 16.1 Å². The third-order valence-corrected chi connectivity index (χ3v) is 3.07. The van der Waals surface area contributed by atoms with Gasteiger partial charge in [-0.3, -0.25) is 4.79 Å². The summed E-state index contributed by atoms with van der Waals surface area (Å²) >= 11 is 1.49. The van der Waals surface area contributed by atoms with Crippen molar-refractivity contribution < 1.29 is 13.6 Å². The van der Waals surface area contributed by atoms with Crippen molar-refractivity contribution in [2.45, 2.75) is 6.43 Å². The van der Waals surface area contributed by atoms with Crippen molar-refractivity contribution in [2.75, 3.05) is 5.32 Å². The van der Waals surface area contributed by atoms with Crippen LogP contribution >= 0.6 is 11.3 Å². The summed E-state index contributed by atoms with van der Waals surface area (Å²) in [5, 5.41) is 4.11. The fraction of sp³-hybridized carbons (Fsp3) is 0.0833. The van der Waals surface area contributed by atoms with E-state index >= 15 is 0 Å². The van der Waals surface area contributed by atoms with Crippen molar-refractivity contribution in [3.8, 4) is 10.4 Å². The van der Waals surface area contributed by atoms with Gasteiger partial charge in [-0.25, -0.2) is 0 Å². The number of thiophene rings is 1. The predicted octanol–water partition coefficient (Wildman–Crippen LogP) is 3.62. The number of anilines is 1. The molecule has 0 saturated carbocycles. The Labute approximate surface area is 101 Å². The van der Waals surface area contributed by atoms with Crippen molar-refractivity contribution in [1.82, 2.24) is 0 Å². The lowest BCUT2D eigenvalue weighted by molar-refractivity contribution is -0.126. The number of halogens is 2. The molecule has 0 aliphatic rings. The highest BCUT2D eigenvalue weighted by molar-refractivity contribution is 7.13. The van der Waals surface area contributed by atoms with E-state index in [9.17, 15) is 13.6 Å². The van der Waals surface area contributed by atoms with E-state index in [1.807, 2.05) is 17.5 Å². The van der Waals surface area contributed by atoms with Gasteiger partial charge in [0.25, 0.3) is 5.91 Å². The molecule has 1 aromatic heterocycles. The first-order valence-electron chi connectivity index (χ1n) is 4.90. The molecular weight excluding hydrogens is 244 g/mol. The summed E-state index contributed by atoms with van der Waals surface area (Å²) < 4.78 is 24.4. The van der Waals surface area contributed by atoms with E-state index in [1.165, 1.54) is 11.3 Å². The standard InChI is InChI=1S/C12H9F2NOS/c13-11(14)12(16)15-9-5-2-1-4-8(9)10-6-3-7-17-10/h1-7,11H,(H,15,16). The van der Waals surface area contributed by atoms with Gasteiger partial charge in [-0.15, -0.1) is 11.3 Å². The van der Waals surface area contributed by atoms with Gasteiger partial charge in [-0.05, 0) is 17.5 Å². The van der Waals surface area contributed by atoms with Crippen LogP contribution in [0.2, 0.25) is 0 Å². The topological polar surface area (TPSA) is 29.1 Å². The van der Waals surface area contributed by atoms with Crippen LogP contribution in [-0.4, -0.2) is 12.3 Å². The highest BCUT2D eigenvalue weighted by Crippen LogP contribution is 2.31. The van der Waals surface area contributed by atoms with Crippen LogP contribution in [0, 0.1) is 0 Å². The Hall–Kier alpha value is -1.75. The molecule has 0 atom stereocenters. The van der Waals surface area contributed by atoms with E-state index < -0.39 is 12.3 Å². The van der Waals surface area contributed by atoms with Gasteiger partial charge in [0.15, 0.2) is 0 Å². The molecule has 0 radical (unpaired) electrons. The molecule has 1 N–H and O–H groups in total. The highest BCUT2D eigenvalue weighted by atomic mass is 32.1. The Morgan fingerprint density at radius 1 is 1.18 bits per heavy atom. The number of amides is 1. The van der Waals surface area contributed by atoms with Crippen LogP contribution in [0.3, 0.4) is 0 Å². The normalized spacial score (nSPS) is 10.5. The molecule has 0 spiro atoms. The number of carbonyl (C=O) groups is 1. The predicted molar refractivity (Wildman–Crippen MR) is 64.4 cm³/mol. The molecule has 0 bridgehead atoms. The molecule has 0 aliphatic heterocycles. The molecule has 5 heteroatoms. The summed E-state index contributed by atoms with van der Waals surface area (Å²) in [5.41, 5.74) is 1.15. The Bertz CT molecular complexity index is 511. The summed E-state index contributed by atoms with van der Waals surface area (Å²) in [4.78, 5) is 11.9. The summed E-state index contributed by atoms with van der Waals surface area (Å²) in [6.07, 6.45) is -3.01. The van der Waals surface area contributed by atoms with Crippen LogP contribution in [-0.2, 0) is 4.79 Å². The molecule has 2 aromatic rings. The van der Waals surface area contributed by atoms with Crippen molar-refractivity contribution in [2.24, 2.45) is 0 Å². The van der Waals surface area contributed by atoms with Gasteiger partial charge < -0.3 is 5.32 Å². The van der Waals surface area contributed by atoms with E-state index in [4.69, 9.17) is 0 Å². The molecule has 0 saturated heterocycles. The minimum absolute atomic E-state index is 0.403. The van der Waals surface area contributed by atoms with Gasteiger partial charge >= 0.3 is 6.43 Å². The van der Waals surface area contributed by atoms with Gasteiger partial charge in [-0.1, -0.05) is 24.3 Å². The molecule has 17 heavy (non-hydrogen) atoms. The Morgan fingerprint density at radius 2 is 1.94 bits per heavy atom. The summed E-state index contributed by atoms with van der Waals surface area (Å²) in [7, 11) is 0. The zero-order chi connectivity index (χ0) is 12.3. The third-order valence-electron chi connectivity index (χ3n) is 2.17. The molecule has 2 rings (SSSR count). The van der Waals surface area contributed by atoms with Crippen molar-refractivity contribution in [1.29, 1.82) is 0 Å². The van der Waals surface area contributed by atoms with Crippen molar-refractivity contribution in [3.63, 3.8) is 0 Å². The van der Waals surface area contributed by atoms with Gasteiger partial charge in [-0.2, -0.15) is 8.78 Å². The number of hydrogen-bond acceptors (Lipinski definition) is 2. The zero-order valence-corrected chi connectivity index (χ0v) is 9.51. The largest absolute Gasteiger partial charge is 0.321 e. The van der Waals surface area contributed by atoms with Crippen LogP contribution in [0.5, 0.6) is 0 Å². The Kier molecular flexibility index (Phi) is 3.49. The summed E-state index contributed by atoms with van der Waals surface area (Å²) in [6.45, 7) is 0. The minimum atomic E-state index is -3.01. The quantitative estimate of drug-likeness (QED) is 0.889. The number of carbonyl (C=O) groups excluding carboxylic acids is 1. The van der Waals surface area contributed by atoms with Crippen LogP contribution in [0.4, 0.5) is 14.5 Å². The maximum absolute atomic E-state index is 12.2. The average molecular weight is 253 g/mol. The second-order valence-corrected chi connectivity index (χ2v) is 4.26. The number of nitrogens with one attached hydrogen (secondary N) is 1. The second kappa shape index (κ2) is 5.05. The number of hydrogen-bond donors (Lipinski definition) is 1. The molecule has 0 unspecified atom stereocenters. The molecule has 0 aliphatic carbocycles. The maximum Gasteiger partial charge on any atom is 0.315 e. The molecule has 1 aromatic carbocycles. The van der Waals surface area contributed by atoms with E-state index in [1.54, 1.807) is 24.3 Å². The fourth-order valence-electron chi connectivity index (χ4n) is 1.43. The van der Waals surface area contributed by atoms with Gasteiger partial charge in [0.05, 0.1) is 0 Å². The SMILES string of the molecule is O=C(Nc1ccccc1-c1cccs1)C(F)F. The van der Waals surface area contributed by atoms with Crippen LogP contribution in [0.25, 0.3) is 10.4 Å². The summed E-state index contributed by atoms with van der Waals surface area (Å²) in [5.74, 6) is -1.28. The first-order chi connectivity index (χ1) is 8.18. The smallest absolute Gasteiger partial charge is 0.315 e. The lowest BCUT2D eigenvalue weighted by Crippen LogP contribution is -2.20. The maximum atomic E-state index is 12.2. The second-order valence-electron chi connectivity index (χ2n) is 3.31. The van der Waals surface area contributed by atoms with E-state index in [0.717, 1.165) is 10.4 Å². The highest BCUT2D eigenvalue weighted by Gasteiger charge is 2.16. The van der Waals surface area contributed by atoms with Gasteiger partial charge in [0.1, 0.15) is 0 Å². The first kappa shape index (κ1) is 11.7. The molecular formula is C12H9F2NOS. The number of rotatable bonds is 3. The Morgan fingerprint density at radius 3 is 2.59 bits per heavy atom. The fourth-order valence-corrected chi connectivity index (χ4v) is 2.19. The van der Waals surface area contributed by atoms with E-state index in [-0.39, 0.29) is 0 Å². The van der Waals surface area contributed by atoms with Crippen LogP contribution < -0.4 is 5.32 Å². The van der Waals surface area contributed by atoms with Crippen molar-refractivity contribution in [3.05, 3.63) is 41.8 Å². The monoisotopic (exact) mass is 253 g/mol. The first-order valence-corrected chi connectivity index (χ1v) is 5.78. The average Bonchev–Trinajstić information content (AvgIpc) is 2.83. The number of para-hydroxylation sites is 1. The minimum Gasteiger partial charge on any atom is -0.321 e. The molecule has 88 valence electrons. The van der Waals surface area contributed by atoms with Gasteiger partial charge in [0.2, 0.25) is 0 Å². The molecule has 1 amide bonds. The lowest BCUT2D eigenvalue weighted by atomic mass is 10.1. The van der Waals surface area contributed by atoms with Crippen LogP contribution in [0.15, 0.2) is 41.8 Å². The third kappa shape index (κ3) is 2.68. The van der Waals surface area contributed by atoms with E-state index in [2.05, 4.69) is 5.32 Å². The molecule has 2 nitrogen and oxygen atoms in total.